The predicted molar refractivity (Wildman–Crippen MR) is 71.6 cm³/mol. The van der Waals surface area contributed by atoms with Crippen LogP contribution in [-0.4, -0.2) is 17.2 Å². The molecule has 0 saturated carbocycles. The van der Waals surface area contributed by atoms with Crippen molar-refractivity contribution in [2.24, 2.45) is 10.4 Å². The molecule has 0 radical (unpaired) electrons. The maximum absolute atomic E-state index is 4.41. The molecule has 1 aromatic carbocycles. The summed E-state index contributed by atoms with van der Waals surface area (Å²) in [6.07, 6.45) is 0. The van der Waals surface area contributed by atoms with Crippen LogP contribution in [0.3, 0.4) is 0 Å². The van der Waals surface area contributed by atoms with Gasteiger partial charge in [-0.05, 0) is 5.56 Å². The summed E-state index contributed by atoms with van der Waals surface area (Å²) in [7, 11) is 1.87. The molecule has 1 nitrogen and oxygen atoms in total. The Bertz CT molecular complexity index is 314. The van der Waals surface area contributed by atoms with Gasteiger partial charge in [-0.15, -0.1) is 0 Å². The van der Waals surface area contributed by atoms with Gasteiger partial charge < -0.3 is 0 Å². The first-order valence-electron chi connectivity index (χ1n) is 4.70. The van der Waals surface area contributed by atoms with E-state index in [1.165, 1.54) is 11.3 Å². The molecule has 14 heavy (non-hydrogen) atoms. The fourth-order valence-corrected chi connectivity index (χ4v) is 1.84. The van der Waals surface area contributed by atoms with E-state index in [2.05, 4.69) is 65.7 Å². The Kier molecular flexibility index (Phi) is 4.11. The lowest BCUT2D eigenvalue weighted by Crippen LogP contribution is -2.26. The lowest BCUT2D eigenvalue weighted by atomic mass is 9.85. The van der Waals surface area contributed by atoms with E-state index in [1.807, 2.05) is 13.1 Å². The van der Waals surface area contributed by atoms with E-state index in [4.69, 9.17) is 0 Å². The summed E-state index contributed by atoms with van der Waals surface area (Å²) in [5.41, 5.74) is 2.57. The second-order valence-corrected chi connectivity index (χ2v) is 4.72. The van der Waals surface area contributed by atoms with Gasteiger partial charge in [-0.25, -0.2) is 0 Å². The van der Waals surface area contributed by atoms with Crippen molar-refractivity contribution in [1.29, 1.82) is 0 Å². The summed E-state index contributed by atoms with van der Waals surface area (Å²) in [6.45, 7) is 4.46. The lowest BCUT2D eigenvalue weighted by molar-refractivity contribution is 0.614. The van der Waals surface area contributed by atoms with Gasteiger partial charge in [-0.1, -0.05) is 66.8 Å². The smallest absolute Gasteiger partial charge is 0.0480 e. The summed E-state index contributed by atoms with van der Waals surface area (Å²) < 4.78 is 1.08. The zero-order valence-electron chi connectivity index (χ0n) is 8.92. The van der Waals surface area contributed by atoms with Gasteiger partial charge in [0.25, 0.3) is 0 Å². The third kappa shape index (κ3) is 2.56. The molecule has 1 aromatic rings. The Morgan fingerprint density at radius 2 is 1.86 bits per heavy atom. The zero-order chi connectivity index (χ0) is 10.6. The number of alkyl halides is 1. The maximum atomic E-state index is 4.41. The summed E-state index contributed by atoms with van der Waals surface area (Å²) in [4.78, 5) is 4.41. The second kappa shape index (κ2) is 4.91. The number of rotatable bonds is 3. The van der Waals surface area contributed by atoms with Crippen LogP contribution in [0.25, 0.3) is 0 Å². The number of hydrogen-bond donors (Lipinski definition) is 0. The summed E-state index contributed by atoms with van der Waals surface area (Å²) in [5.74, 6) is 0. The molecule has 0 fully saturated rings. The number of hydrogen-bond acceptors (Lipinski definition) is 1. The van der Waals surface area contributed by atoms with Crippen molar-refractivity contribution in [3.63, 3.8) is 0 Å². The molecular weight excluding hydrogens is 285 g/mol. The van der Waals surface area contributed by atoms with E-state index >= 15 is 0 Å². The molecule has 0 unspecified atom stereocenters. The molecule has 0 heterocycles. The largest absolute Gasteiger partial charge is 0.292 e. The number of benzene rings is 1. The van der Waals surface area contributed by atoms with Crippen LogP contribution in [0.5, 0.6) is 0 Å². The highest BCUT2D eigenvalue weighted by Crippen LogP contribution is 2.25. The highest BCUT2D eigenvalue weighted by molar-refractivity contribution is 14.1. The third-order valence-electron chi connectivity index (χ3n) is 2.25. The molecule has 0 saturated heterocycles. The second-order valence-electron chi connectivity index (χ2n) is 3.96. The molecule has 0 atom stereocenters. The van der Waals surface area contributed by atoms with Crippen LogP contribution in [0.4, 0.5) is 0 Å². The molecule has 76 valence electrons. The van der Waals surface area contributed by atoms with Crippen molar-refractivity contribution < 1.29 is 0 Å². The highest BCUT2D eigenvalue weighted by Gasteiger charge is 2.24. The lowest BCUT2D eigenvalue weighted by Gasteiger charge is -2.24. The highest BCUT2D eigenvalue weighted by atomic mass is 127. The van der Waals surface area contributed by atoms with Gasteiger partial charge >= 0.3 is 0 Å². The van der Waals surface area contributed by atoms with Crippen LogP contribution in [0.15, 0.2) is 35.3 Å². The predicted octanol–water partition coefficient (Wildman–Crippen LogP) is 3.57. The van der Waals surface area contributed by atoms with Gasteiger partial charge in [0.15, 0.2) is 0 Å². The van der Waals surface area contributed by atoms with E-state index in [-0.39, 0.29) is 5.41 Å². The van der Waals surface area contributed by atoms with Gasteiger partial charge in [0.05, 0.1) is 0 Å². The summed E-state index contributed by atoms with van der Waals surface area (Å²) >= 11 is 2.41. The van der Waals surface area contributed by atoms with Gasteiger partial charge in [0, 0.05) is 22.6 Å². The average Bonchev–Trinajstić information content (AvgIpc) is 2.20. The SMILES string of the molecule is CN=C(c1ccccc1)C(C)(C)CI. The van der Waals surface area contributed by atoms with Gasteiger partial charge in [-0.3, -0.25) is 4.99 Å². The fourth-order valence-electron chi connectivity index (χ4n) is 1.48. The first kappa shape index (κ1) is 11.7. The fraction of sp³-hybridized carbons (Fsp3) is 0.417. The Morgan fingerprint density at radius 1 is 1.29 bits per heavy atom. The van der Waals surface area contributed by atoms with E-state index in [9.17, 15) is 0 Å². The van der Waals surface area contributed by atoms with Crippen LogP contribution in [0, 0.1) is 5.41 Å². The normalized spacial score (nSPS) is 13.0. The topological polar surface area (TPSA) is 12.4 Å². The van der Waals surface area contributed by atoms with Crippen molar-refractivity contribution in [3.8, 4) is 0 Å². The molecule has 0 amide bonds. The first-order chi connectivity index (χ1) is 6.61. The minimum atomic E-state index is 0.149. The minimum absolute atomic E-state index is 0.149. The maximum Gasteiger partial charge on any atom is 0.0480 e. The summed E-state index contributed by atoms with van der Waals surface area (Å²) in [5, 5.41) is 0. The quantitative estimate of drug-likeness (QED) is 0.460. The standard InChI is InChI=1S/C12H16IN/c1-12(2,9-13)11(14-3)10-7-5-4-6-8-10/h4-8H,9H2,1-3H3. The monoisotopic (exact) mass is 301 g/mol. The molecule has 0 bridgehead atoms. The van der Waals surface area contributed by atoms with Gasteiger partial charge in [0.2, 0.25) is 0 Å². The average molecular weight is 301 g/mol. The molecule has 0 aromatic heterocycles. The molecule has 0 spiro atoms. The Hall–Kier alpha value is -0.380. The molecule has 0 aliphatic carbocycles. The Labute approximate surface area is 99.8 Å². The first-order valence-corrected chi connectivity index (χ1v) is 6.23. The zero-order valence-corrected chi connectivity index (χ0v) is 11.1. The van der Waals surface area contributed by atoms with Crippen LogP contribution in [0.1, 0.15) is 19.4 Å². The molecule has 2 heteroatoms. The van der Waals surface area contributed by atoms with Crippen molar-refractivity contribution >= 4 is 28.3 Å². The third-order valence-corrected chi connectivity index (χ3v) is 4.15. The minimum Gasteiger partial charge on any atom is -0.292 e. The van der Waals surface area contributed by atoms with Crippen LogP contribution in [-0.2, 0) is 0 Å². The number of nitrogens with zero attached hydrogens (tertiary/aromatic N) is 1. The van der Waals surface area contributed by atoms with E-state index in [0.717, 1.165) is 4.43 Å². The molecule has 0 N–H and O–H groups in total. The van der Waals surface area contributed by atoms with Gasteiger partial charge in [0.1, 0.15) is 0 Å². The molecule has 0 aliphatic rings. The van der Waals surface area contributed by atoms with Crippen molar-refractivity contribution in [1.82, 2.24) is 0 Å². The number of halogens is 1. The Balaban J connectivity index is 3.07. The van der Waals surface area contributed by atoms with Crippen molar-refractivity contribution in [2.75, 3.05) is 11.5 Å². The van der Waals surface area contributed by atoms with Crippen LogP contribution >= 0.6 is 22.6 Å². The molecule has 0 aliphatic heterocycles. The van der Waals surface area contributed by atoms with Crippen LogP contribution < -0.4 is 0 Å². The van der Waals surface area contributed by atoms with Crippen LogP contribution in [0.2, 0.25) is 0 Å². The molecule has 1 rings (SSSR count). The van der Waals surface area contributed by atoms with Gasteiger partial charge in [-0.2, -0.15) is 0 Å². The Morgan fingerprint density at radius 3 is 2.29 bits per heavy atom. The van der Waals surface area contributed by atoms with Crippen molar-refractivity contribution in [2.45, 2.75) is 13.8 Å². The van der Waals surface area contributed by atoms with E-state index < -0.39 is 0 Å². The summed E-state index contributed by atoms with van der Waals surface area (Å²) in [6, 6.07) is 10.4. The van der Waals surface area contributed by atoms with Crippen molar-refractivity contribution in [3.05, 3.63) is 35.9 Å². The van der Waals surface area contributed by atoms with E-state index in [0.29, 0.717) is 0 Å². The molecular formula is C12H16IN. The number of aliphatic imine (C=N–C) groups is 1. The van der Waals surface area contributed by atoms with E-state index in [1.54, 1.807) is 0 Å².